The summed E-state index contributed by atoms with van der Waals surface area (Å²) >= 11 is 3.64. The fourth-order valence-electron chi connectivity index (χ4n) is 12.4. The molecule has 0 fully saturated rings. The molecule has 6 aromatic heterocycles. The van der Waals surface area contributed by atoms with Gasteiger partial charge in [-0.05, 0) is 123 Å². The third-order valence-electron chi connectivity index (χ3n) is 16.8. The summed E-state index contributed by atoms with van der Waals surface area (Å²) in [7, 11) is 0. The molecule has 6 nitrogen and oxygen atoms in total. The second kappa shape index (κ2) is 30.1. The Hall–Kier alpha value is -8.82. The van der Waals surface area contributed by atoms with Gasteiger partial charge in [-0.25, -0.2) is 0 Å². The minimum Gasteiger partial charge on any atom is -0.340 e. The van der Waals surface area contributed by atoms with Crippen molar-refractivity contribution in [3.8, 4) is 56.7 Å². The number of fused-ring (bicyclic) bond motifs is 8. The summed E-state index contributed by atoms with van der Waals surface area (Å²) in [5.41, 5.74) is 14.2. The van der Waals surface area contributed by atoms with Crippen LogP contribution in [-0.4, -0.2) is 29.1 Å². The summed E-state index contributed by atoms with van der Waals surface area (Å²) in [5.74, 6) is 3.72. The molecular formula is C84H70Ir2N6S2-4. The molecule has 0 atom stereocenters. The SMILES string of the molecule is CC(C)c1cccc(C(C)C)c1-n1ccnc1-c1[c-]cccc1.CC(C)c1cccc(C(C)C)c1-n1ccnc1-c1[c-]cccc1.[Ir].[Ir].[c-]1ccc2c(sc3ccccc32)c1-c1nccc2ccccc12.[c-]1ccc2c(sc3ccccc32)c1-c1nccc2ccccc12. The minimum absolute atomic E-state index is 0. The average Bonchev–Trinajstić information content (AvgIpc) is 1.50. The quantitative estimate of drug-likeness (QED) is 0.128. The molecule has 16 aromatic rings. The Balaban J connectivity index is 0.000000127. The number of imidazole rings is 2. The zero-order valence-corrected chi connectivity index (χ0v) is 60.1. The second-order valence-electron chi connectivity index (χ2n) is 24.1. The van der Waals surface area contributed by atoms with Gasteiger partial charge in [0.2, 0.25) is 0 Å². The Bertz CT molecular complexity index is 4830. The zero-order valence-electron chi connectivity index (χ0n) is 53.7. The van der Waals surface area contributed by atoms with Crippen molar-refractivity contribution in [1.82, 2.24) is 29.1 Å². The first kappa shape index (κ1) is 66.6. The topological polar surface area (TPSA) is 61.4 Å². The van der Waals surface area contributed by atoms with E-state index in [9.17, 15) is 0 Å². The van der Waals surface area contributed by atoms with Gasteiger partial charge < -0.3 is 19.1 Å². The van der Waals surface area contributed by atoms with Crippen molar-refractivity contribution in [3.05, 3.63) is 302 Å². The first-order valence-corrected chi connectivity index (χ1v) is 33.2. The van der Waals surface area contributed by atoms with Gasteiger partial charge in [0.1, 0.15) is 0 Å². The van der Waals surface area contributed by atoms with E-state index in [1.807, 2.05) is 96.0 Å². The molecule has 0 saturated heterocycles. The van der Waals surface area contributed by atoms with Gasteiger partial charge in [0, 0.05) is 98.2 Å². The van der Waals surface area contributed by atoms with Crippen molar-refractivity contribution in [2.45, 2.75) is 79.1 Å². The normalized spacial score (nSPS) is 11.2. The molecule has 0 aliphatic carbocycles. The molecular weight excluding hydrogens is 1540 g/mol. The van der Waals surface area contributed by atoms with Gasteiger partial charge in [0.25, 0.3) is 0 Å². The average molecular weight is 1610 g/mol. The largest absolute Gasteiger partial charge is 0.340 e. The first-order chi connectivity index (χ1) is 45.0. The molecule has 0 aliphatic rings. The van der Waals surface area contributed by atoms with Crippen molar-refractivity contribution in [2.75, 3.05) is 0 Å². The summed E-state index contributed by atoms with van der Waals surface area (Å²) in [6.45, 7) is 18.0. The van der Waals surface area contributed by atoms with Crippen molar-refractivity contribution in [3.63, 3.8) is 0 Å². The van der Waals surface area contributed by atoms with E-state index in [4.69, 9.17) is 0 Å². The van der Waals surface area contributed by atoms with Crippen LogP contribution in [-0.2, 0) is 40.2 Å². The third-order valence-corrected chi connectivity index (χ3v) is 19.3. The van der Waals surface area contributed by atoms with Crippen LogP contribution in [0.3, 0.4) is 0 Å². The van der Waals surface area contributed by atoms with Crippen LogP contribution in [0.1, 0.15) is 101 Å². The number of aromatic nitrogens is 6. The van der Waals surface area contributed by atoms with E-state index in [0.717, 1.165) is 45.3 Å². The molecule has 470 valence electrons. The summed E-state index contributed by atoms with van der Waals surface area (Å²) in [6.07, 6.45) is 11.6. The molecule has 0 aliphatic heterocycles. The smallest absolute Gasteiger partial charge is 0.0602 e. The molecule has 0 bridgehead atoms. The molecule has 16 rings (SSSR count). The van der Waals surface area contributed by atoms with E-state index in [0.29, 0.717) is 23.7 Å². The predicted octanol–water partition coefficient (Wildman–Crippen LogP) is 23.3. The van der Waals surface area contributed by atoms with E-state index in [2.05, 4.69) is 291 Å². The fourth-order valence-corrected chi connectivity index (χ4v) is 14.8. The molecule has 10 heteroatoms. The van der Waals surface area contributed by atoms with Gasteiger partial charge >= 0.3 is 0 Å². The second-order valence-corrected chi connectivity index (χ2v) is 26.2. The summed E-state index contributed by atoms with van der Waals surface area (Å²) in [6, 6.07) is 89.1. The third kappa shape index (κ3) is 13.6. The van der Waals surface area contributed by atoms with Crippen LogP contribution >= 0.6 is 22.7 Å². The van der Waals surface area contributed by atoms with Crippen LogP contribution in [0.4, 0.5) is 0 Å². The van der Waals surface area contributed by atoms with Crippen molar-refractivity contribution >= 4 is 84.6 Å². The Morgan fingerprint density at radius 1 is 0.319 bits per heavy atom. The van der Waals surface area contributed by atoms with Crippen LogP contribution in [0.2, 0.25) is 0 Å². The number of thiophene rings is 2. The maximum absolute atomic E-state index is 4.67. The van der Waals surface area contributed by atoms with Crippen LogP contribution in [0.25, 0.3) is 119 Å². The molecule has 10 aromatic carbocycles. The number of nitrogens with zero attached hydrogens (tertiary/aromatic N) is 6. The van der Waals surface area contributed by atoms with Gasteiger partial charge in [-0.3, -0.25) is 9.97 Å². The summed E-state index contributed by atoms with van der Waals surface area (Å²) < 4.78 is 9.58. The standard InChI is InChI=1S/2C21H23N2.2C21H12NS.2Ir/c2*1-15(2)18-11-8-12-19(16(3)4)20(18)23-14-13-22-21(23)17-9-6-5-7-10-17;2*1-2-7-15-14(6-1)12-13-22-20(15)18-10-5-9-17-16-8-3-4-11-19(16)23-21(17)18;;/h2*5-9,11-16H,1-4H3;2*1-9,11-13H;;/q4*-1;;. The molecule has 0 unspecified atom stereocenters. The fraction of sp³-hybridized carbons (Fsp3) is 0.143. The van der Waals surface area contributed by atoms with Crippen molar-refractivity contribution < 1.29 is 40.2 Å². The van der Waals surface area contributed by atoms with Gasteiger partial charge in [0.15, 0.2) is 0 Å². The molecule has 0 saturated carbocycles. The molecule has 94 heavy (non-hydrogen) atoms. The van der Waals surface area contributed by atoms with Gasteiger partial charge in [-0.2, -0.15) is 22.7 Å². The number of hydrogen-bond donors (Lipinski definition) is 0. The van der Waals surface area contributed by atoms with Crippen LogP contribution in [0.5, 0.6) is 0 Å². The zero-order chi connectivity index (χ0) is 63.2. The van der Waals surface area contributed by atoms with E-state index in [-0.39, 0.29) is 40.2 Å². The molecule has 0 amide bonds. The molecule has 0 N–H and O–H groups in total. The van der Waals surface area contributed by atoms with Gasteiger partial charge in [-0.15, -0.1) is 119 Å². The maximum atomic E-state index is 4.67. The number of benzene rings is 10. The number of pyridine rings is 2. The Morgan fingerprint density at radius 3 is 1.05 bits per heavy atom. The summed E-state index contributed by atoms with van der Waals surface area (Å²) in [5, 5.41) is 9.97. The summed E-state index contributed by atoms with van der Waals surface area (Å²) in [4.78, 5) is 18.5. The van der Waals surface area contributed by atoms with E-state index < -0.39 is 0 Å². The monoisotopic (exact) mass is 1610 g/mol. The Labute approximate surface area is 586 Å². The van der Waals surface area contributed by atoms with Crippen molar-refractivity contribution in [2.24, 2.45) is 0 Å². The van der Waals surface area contributed by atoms with E-state index in [1.165, 1.54) is 95.5 Å². The Kier molecular flexibility index (Phi) is 21.3. The molecule has 6 heterocycles. The van der Waals surface area contributed by atoms with Crippen LogP contribution in [0, 0.1) is 24.3 Å². The molecule has 0 spiro atoms. The maximum Gasteiger partial charge on any atom is 0.0602 e. The van der Waals surface area contributed by atoms with Crippen LogP contribution < -0.4 is 0 Å². The number of rotatable bonds is 10. The van der Waals surface area contributed by atoms with Gasteiger partial charge in [0.05, 0.1) is 11.6 Å². The Morgan fingerprint density at radius 2 is 0.681 bits per heavy atom. The predicted molar refractivity (Wildman–Crippen MR) is 390 cm³/mol. The minimum atomic E-state index is 0. The van der Waals surface area contributed by atoms with Crippen molar-refractivity contribution in [1.29, 1.82) is 0 Å². The number of para-hydroxylation sites is 2. The van der Waals surface area contributed by atoms with Crippen LogP contribution in [0.15, 0.2) is 256 Å². The molecule has 2 radical (unpaired) electrons. The number of hydrogen-bond acceptors (Lipinski definition) is 6. The first-order valence-electron chi connectivity index (χ1n) is 31.6. The van der Waals surface area contributed by atoms with Gasteiger partial charge in [-0.1, -0.05) is 187 Å². The van der Waals surface area contributed by atoms with E-state index >= 15 is 0 Å². The van der Waals surface area contributed by atoms with E-state index in [1.54, 1.807) is 0 Å².